The summed E-state index contributed by atoms with van der Waals surface area (Å²) >= 11 is 0. The average molecular weight is 457 g/mol. The summed E-state index contributed by atoms with van der Waals surface area (Å²) in [6.45, 7) is 9.83. The Kier molecular flexibility index (Phi) is 8.02. The van der Waals surface area contributed by atoms with Crippen LogP contribution in [-0.4, -0.2) is 103 Å². The lowest BCUT2D eigenvalue weighted by atomic mass is 10.1. The van der Waals surface area contributed by atoms with Crippen molar-refractivity contribution in [3.8, 4) is 0 Å². The maximum absolute atomic E-state index is 13.3. The molecule has 178 valence electrons. The normalized spacial score (nSPS) is 26.0. The molecule has 1 unspecified atom stereocenters. The lowest BCUT2D eigenvalue weighted by Crippen LogP contribution is -2.51. The Bertz CT molecular complexity index is 743. The molecule has 3 aliphatic rings. The van der Waals surface area contributed by atoms with Gasteiger partial charge in [-0.15, -0.1) is 0 Å². The molecule has 2 heterocycles. The molecule has 1 saturated carbocycles. The van der Waals surface area contributed by atoms with Crippen LogP contribution in [0.4, 0.5) is 0 Å². The van der Waals surface area contributed by atoms with Gasteiger partial charge in [0.25, 0.3) is 0 Å². The molecule has 2 amide bonds. The highest BCUT2D eigenvalue weighted by Gasteiger charge is 2.39. The Hall–Kier alpha value is -1.19. The van der Waals surface area contributed by atoms with Gasteiger partial charge < -0.3 is 10.2 Å². The SMILES string of the molecule is CC(C)(C)NC(=O)CN1CCCN(CC(=O)N(C2CCCC2)C2CCS(=O)(=O)C2)CC1. The molecule has 0 aromatic carbocycles. The molecule has 3 rings (SSSR count). The van der Waals surface area contributed by atoms with Crippen molar-refractivity contribution in [1.82, 2.24) is 20.0 Å². The van der Waals surface area contributed by atoms with Crippen molar-refractivity contribution < 1.29 is 18.0 Å². The Morgan fingerprint density at radius 2 is 1.52 bits per heavy atom. The second-order valence-corrected chi connectivity index (χ2v) is 12.7. The molecule has 9 heteroatoms. The summed E-state index contributed by atoms with van der Waals surface area (Å²) in [4.78, 5) is 31.9. The third kappa shape index (κ3) is 7.43. The molecule has 1 aliphatic carbocycles. The number of nitrogens with zero attached hydrogens (tertiary/aromatic N) is 3. The van der Waals surface area contributed by atoms with Gasteiger partial charge in [0.05, 0.1) is 24.6 Å². The number of nitrogens with one attached hydrogen (secondary N) is 1. The Morgan fingerprint density at radius 3 is 2.06 bits per heavy atom. The van der Waals surface area contributed by atoms with Gasteiger partial charge in [-0.3, -0.25) is 19.4 Å². The van der Waals surface area contributed by atoms with Crippen LogP contribution >= 0.6 is 0 Å². The zero-order chi connectivity index (χ0) is 22.6. The molecule has 0 bridgehead atoms. The van der Waals surface area contributed by atoms with E-state index in [1.54, 1.807) is 0 Å². The fourth-order valence-electron chi connectivity index (χ4n) is 5.16. The van der Waals surface area contributed by atoms with Crippen molar-refractivity contribution in [2.45, 2.75) is 76.9 Å². The van der Waals surface area contributed by atoms with E-state index in [1.165, 1.54) is 0 Å². The topological polar surface area (TPSA) is 90.0 Å². The predicted molar refractivity (Wildman–Crippen MR) is 122 cm³/mol. The van der Waals surface area contributed by atoms with Crippen molar-refractivity contribution in [3.63, 3.8) is 0 Å². The molecular weight excluding hydrogens is 416 g/mol. The van der Waals surface area contributed by atoms with E-state index in [1.807, 2.05) is 25.7 Å². The van der Waals surface area contributed by atoms with Gasteiger partial charge in [-0.05, 0) is 59.5 Å². The standard InChI is InChI=1S/C22H40N4O4S/c1-22(2,3)23-20(27)15-24-10-6-11-25(13-12-24)16-21(28)26(18-7-4-5-8-18)19-9-14-31(29,30)17-19/h18-19H,4-17H2,1-3H3,(H,23,27). The summed E-state index contributed by atoms with van der Waals surface area (Å²) in [7, 11) is -3.03. The van der Waals surface area contributed by atoms with Gasteiger partial charge in [-0.25, -0.2) is 8.42 Å². The predicted octanol–water partition coefficient (Wildman–Crippen LogP) is 0.867. The molecule has 0 aromatic heterocycles. The van der Waals surface area contributed by atoms with Gasteiger partial charge in [-0.2, -0.15) is 0 Å². The van der Waals surface area contributed by atoms with Crippen molar-refractivity contribution in [2.24, 2.45) is 0 Å². The third-order valence-corrected chi connectivity index (χ3v) is 8.28. The summed E-state index contributed by atoms with van der Waals surface area (Å²) in [5, 5.41) is 3.01. The number of sulfone groups is 1. The second kappa shape index (κ2) is 10.2. The van der Waals surface area contributed by atoms with Crippen molar-refractivity contribution >= 4 is 21.7 Å². The number of amides is 2. The number of carbonyl (C=O) groups is 2. The molecule has 1 atom stereocenters. The van der Waals surface area contributed by atoms with Crippen molar-refractivity contribution in [3.05, 3.63) is 0 Å². The molecule has 0 spiro atoms. The van der Waals surface area contributed by atoms with E-state index in [4.69, 9.17) is 0 Å². The van der Waals surface area contributed by atoms with Crippen molar-refractivity contribution in [2.75, 3.05) is 50.8 Å². The van der Waals surface area contributed by atoms with Gasteiger partial charge in [0.1, 0.15) is 0 Å². The number of hydrogen-bond acceptors (Lipinski definition) is 6. The lowest BCUT2D eigenvalue weighted by Gasteiger charge is -2.35. The Balaban J connectivity index is 1.55. The van der Waals surface area contributed by atoms with E-state index in [9.17, 15) is 18.0 Å². The maximum Gasteiger partial charge on any atom is 0.237 e. The Morgan fingerprint density at radius 1 is 0.903 bits per heavy atom. The van der Waals surface area contributed by atoms with Crippen LogP contribution in [0.1, 0.15) is 59.3 Å². The van der Waals surface area contributed by atoms with Gasteiger partial charge in [0, 0.05) is 30.7 Å². The number of hydrogen-bond donors (Lipinski definition) is 1. The Labute approximate surface area is 187 Å². The lowest BCUT2D eigenvalue weighted by molar-refractivity contribution is -0.137. The average Bonchev–Trinajstić information content (AvgIpc) is 3.22. The summed E-state index contributed by atoms with van der Waals surface area (Å²) < 4.78 is 24.1. The molecule has 2 aliphatic heterocycles. The van der Waals surface area contributed by atoms with E-state index in [0.717, 1.165) is 58.3 Å². The van der Waals surface area contributed by atoms with E-state index < -0.39 is 9.84 Å². The largest absolute Gasteiger partial charge is 0.350 e. The first-order valence-electron chi connectivity index (χ1n) is 11.8. The van der Waals surface area contributed by atoms with Crippen LogP contribution in [0.25, 0.3) is 0 Å². The van der Waals surface area contributed by atoms with E-state index in [-0.39, 0.29) is 40.9 Å². The summed E-state index contributed by atoms with van der Waals surface area (Å²) in [5.41, 5.74) is -0.237. The van der Waals surface area contributed by atoms with Crippen LogP contribution in [0.3, 0.4) is 0 Å². The molecule has 0 radical (unpaired) electrons. The minimum atomic E-state index is -3.03. The molecule has 0 aromatic rings. The first-order valence-corrected chi connectivity index (χ1v) is 13.6. The molecule has 3 fully saturated rings. The maximum atomic E-state index is 13.3. The number of carbonyl (C=O) groups excluding carboxylic acids is 2. The highest BCUT2D eigenvalue weighted by atomic mass is 32.2. The van der Waals surface area contributed by atoms with Crippen LogP contribution in [0.2, 0.25) is 0 Å². The van der Waals surface area contributed by atoms with E-state index in [2.05, 4.69) is 15.1 Å². The van der Waals surface area contributed by atoms with Crippen LogP contribution in [-0.2, 0) is 19.4 Å². The molecule has 31 heavy (non-hydrogen) atoms. The minimum absolute atomic E-state index is 0.0341. The summed E-state index contributed by atoms with van der Waals surface area (Å²) in [5.74, 6) is 0.426. The van der Waals surface area contributed by atoms with Crippen LogP contribution in [0, 0.1) is 0 Å². The minimum Gasteiger partial charge on any atom is -0.350 e. The van der Waals surface area contributed by atoms with Gasteiger partial charge in [-0.1, -0.05) is 12.8 Å². The highest BCUT2D eigenvalue weighted by Crippen LogP contribution is 2.29. The molecule has 2 saturated heterocycles. The monoisotopic (exact) mass is 456 g/mol. The summed E-state index contributed by atoms with van der Waals surface area (Å²) in [6, 6.07) is 0.0283. The van der Waals surface area contributed by atoms with Crippen LogP contribution in [0.5, 0.6) is 0 Å². The first kappa shape index (κ1) is 24.5. The molecule has 8 nitrogen and oxygen atoms in total. The second-order valence-electron chi connectivity index (χ2n) is 10.5. The first-order chi connectivity index (χ1) is 14.5. The van der Waals surface area contributed by atoms with Gasteiger partial charge in [0.15, 0.2) is 9.84 Å². The number of rotatable bonds is 6. The molecule has 1 N–H and O–H groups in total. The van der Waals surface area contributed by atoms with E-state index >= 15 is 0 Å². The quantitative estimate of drug-likeness (QED) is 0.638. The van der Waals surface area contributed by atoms with Crippen molar-refractivity contribution in [1.29, 1.82) is 0 Å². The van der Waals surface area contributed by atoms with Crippen LogP contribution < -0.4 is 5.32 Å². The van der Waals surface area contributed by atoms with Gasteiger partial charge in [0.2, 0.25) is 11.8 Å². The summed E-state index contributed by atoms with van der Waals surface area (Å²) in [6.07, 6.45) is 5.68. The fourth-order valence-corrected chi connectivity index (χ4v) is 6.87. The molecular formula is C22H40N4O4S. The van der Waals surface area contributed by atoms with E-state index in [0.29, 0.717) is 19.5 Å². The third-order valence-electron chi connectivity index (χ3n) is 6.53. The fraction of sp³-hybridized carbons (Fsp3) is 0.909. The smallest absolute Gasteiger partial charge is 0.237 e. The van der Waals surface area contributed by atoms with Gasteiger partial charge >= 0.3 is 0 Å². The zero-order valence-electron chi connectivity index (χ0n) is 19.4. The zero-order valence-corrected chi connectivity index (χ0v) is 20.3. The highest BCUT2D eigenvalue weighted by molar-refractivity contribution is 7.91. The van der Waals surface area contributed by atoms with Crippen LogP contribution in [0.15, 0.2) is 0 Å².